The average Bonchev–Trinajstić information content (AvgIpc) is 2.36. The number of esters is 1. The van der Waals surface area contributed by atoms with E-state index in [1.165, 1.54) is 14.2 Å². The number of aliphatic hydroxyl groups is 1. The second-order valence-electron chi connectivity index (χ2n) is 5.50. The number of ether oxygens (including phenoxy) is 2. The molecule has 0 aromatic rings. The third-order valence-corrected chi connectivity index (χ3v) is 3.29. The molecule has 1 saturated heterocycles. The van der Waals surface area contributed by atoms with Crippen molar-refractivity contribution in [3.8, 4) is 0 Å². The standard InChI is InChI=1S/C13H23F3N2O4/c1-17(9-13(14,15)16)6-10(19)7-18-3-4-22-11(8-18)5-12(20)21-2/h10-11,19H,3-9H2,1-2H3. The van der Waals surface area contributed by atoms with Crippen molar-refractivity contribution < 1.29 is 32.5 Å². The molecule has 0 bridgehead atoms. The predicted molar refractivity (Wildman–Crippen MR) is 72.4 cm³/mol. The maximum absolute atomic E-state index is 12.2. The summed E-state index contributed by atoms with van der Waals surface area (Å²) in [5, 5.41) is 9.90. The Morgan fingerprint density at radius 1 is 1.55 bits per heavy atom. The minimum atomic E-state index is -4.28. The summed E-state index contributed by atoms with van der Waals surface area (Å²) in [6.07, 6.45) is -5.37. The van der Waals surface area contributed by atoms with Crippen LogP contribution >= 0.6 is 0 Å². The van der Waals surface area contributed by atoms with Gasteiger partial charge in [0.15, 0.2) is 0 Å². The van der Waals surface area contributed by atoms with Crippen LogP contribution in [-0.4, -0.2) is 92.7 Å². The summed E-state index contributed by atoms with van der Waals surface area (Å²) >= 11 is 0. The summed E-state index contributed by atoms with van der Waals surface area (Å²) in [5.41, 5.74) is 0. The first kappa shape index (κ1) is 19.1. The number of methoxy groups -OCH3 is 1. The number of carbonyl (C=O) groups is 1. The molecule has 0 aliphatic carbocycles. The third-order valence-electron chi connectivity index (χ3n) is 3.29. The normalized spacial score (nSPS) is 21.9. The molecule has 0 aromatic carbocycles. The van der Waals surface area contributed by atoms with Crippen molar-refractivity contribution in [3.05, 3.63) is 0 Å². The van der Waals surface area contributed by atoms with Crippen LogP contribution in [0.25, 0.3) is 0 Å². The summed E-state index contributed by atoms with van der Waals surface area (Å²) in [6.45, 7) is 0.527. The van der Waals surface area contributed by atoms with E-state index in [9.17, 15) is 23.1 Å². The molecule has 6 nitrogen and oxygen atoms in total. The molecular weight excluding hydrogens is 305 g/mol. The van der Waals surface area contributed by atoms with Gasteiger partial charge in [0, 0.05) is 26.2 Å². The molecule has 1 rings (SSSR count). The van der Waals surface area contributed by atoms with E-state index >= 15 is 0 Å². The van der Waals surface area contributed by atoms with Crippen LogP contribution in [0.3, 0.4) is 0 Å². The summed E-state index contributed by atoms with van der Waals surface area (Å²) in [7, 11) is 2.61. The molecule has 1 heterocycles. The SMILES string of the molecule is COC(=O)CC1CN(CC(O)CN(C)CC(F)(F)F)CCO1. The summed E-state index contributed by atoms with van der Waals surface area (Å²) in [5.74, 6) is -0.377. The molecule has 1 fully saturated rings. The van der Waals surface area contributed by atoms with Crippen molar-refractivity contribution in [2.45, 2.75) is 24.8 Å². The lowest BCUT2D eigenvalue weighted by molar-refractivity contribution is -0.146. The molecule has 2 unspecified atom stereocenters. The van der Waals surface area contributed by atoms with Crippen LogP contribution < -0.4 is 0 Å². The lowest BCUT2D eigenvalue weighted by Crippen LogP contribution is -2.48. The zero-order valence-corrected chi connectivity index (χ0v) is 12.8. The monoisotopic (exact) mass is 328 g/mol. The molecule has 0 amide bonds. The molecule has 0 spiro atoms. The van der Waals surface area contributed by atoms with E-state index in [4.69, 9.17) is 4.74 Å². The molecule has 22 heavy (non-hydrogen) atoms. The average molecular weight is 328 g/mol. The minimum absolute atomic E-state index is 0.0709. The first-order chi connectivity index (χ1) is 10.2. The van der Waals surface area contributed by atoms with Gasteiger partial charge in [-0.25, -0.2) is 0 Å². The lowest BCUT2D eigenvalue weighted by Gasteiger charge is -2.34. The maximum Gasteiger partial charge on any atom is 0.401 e. The zero-order valence-electron chi connectivity index (χ0n) is 12.8. The van der Waals surface area contributed by atoms with Gasteiger partial charge in [-0.2, -0.15) is 13.2 Å². The van der Waals surface area contributed by atoms with E-state index in [1.54, 1.807) is 0 Å². The van der Waals surface area contributed by atoms with Crippen LogP contribution in [0.2, 0.25) is 0 Å². The molecule has 1 aliphatic heterocycles. The number of aliphatic hydroxyl groups excluding tert-OH is 1. The Bertz CT molecular complexity index is 355. The van der Waals surface area contributed by atoms with Crippen molar-refractivity contribution in [2.75, 3.05) is 53.5 Å². The van der Waals surface area contributed by atoms with Crippen molar-refractivity contribution in [1.29, 1.82) is 0 Å². The van der Waals surface area contributed by atoms with Crippen molar-refractivity contribution in [2.24, 2.45) is 0 Å². The summed E-state index contributed by atoms with van der Waals surface area (Å²) in [6, 6.07) is 0. The molecule has 0 radical (unpaired) electrons. The maximum atomic E-state index is 12.2. The number of halogens is 3. The smallest absolute Gasteiger partial charge is 0.401 e. The topological polar surface area (TPSA) is 62.2 Å². The van der Waals surface area contributed by atoms with Gasteiger partial charge in [-0.3, -0.25) is 14.6 Å². The van der Waals surface area contributed by atoms with Gasteiger partial charge in [0.1, 0.15) is 0 Å². The fraction of sp³-hybridized carbons (Fsp3) is 0.923. The van der Waals surface area contributed by atoms with Crippen LogP contribution in [0.1, 0.15) is 6.42 Å². The van der Waals surface area contributed by atoms with Gasteiger partial charge < -0.3 is 14.6 Å². The number of hydrogen-bond donors (Lipinski definition) is 1. The fourth-order valence-corrected chi connectivity index (χ4v) is 2.43. The van der Waals surface area contributed by atoms with Gasteiger partial charge in [-0.05, 0) is 7.05 Å². The van der Waals surface area contributed by atoms with Crippen LogP contribution in [0.5, 0.6) is 0 Å². The van der Waals surface area contributed by atoms with Gasteiger partial charge in [0.25, 0.3) is 0 Å². The third kappa shape index (κ3) is 7.92. The van der Waals surface area contributed by atoms with E-state index < -0.39 is 18.8 Å². The minimum Gasteiger partial charge on any atom is -0.469 e. The second kappa shape index (κ2) is 8.66. The zero-order chi connectivity index (χ0) is 16.8. The molecule has 130 valence electrons. The van der Waals surface area contributed by atoms with Gasteiger partial charge >= 0.3 is 12.1 Å². The van der Waals surface area contributed by atoms with Crippen molar-refractivity contribution in [3.63, 3.8) is 0 Å². The van der Waals surface area contributed by atoms with Gasteiger partial charge in [-0.15, -0.1) is 0 Å². The predicted octanol–water partition coefficient (Wildman–Crippen LogP) is 0.105. The number of β-amino-alcohol motifs (C(OH)–C–C–N with tert-alkyl or cyclic N) is 1. The quantitative estimate of drug-likeness (QED) is 0.669. The summed E-state index contributed by atoms with van der Waals surface area (Å²) < 4.78 is 46.7. The Morgan fingerprint density at radius 3 is 2.82 bits per heavy atom. The van der Waals surface area contributed by atoms with Crippen LogP contribution in [-0.2, 0) is 14.3 Å². The number of hydrogen-bond acceptors (Lipinski definition) is 6. The second-order valence-corrected chi connectivity index (χ2v) is 5.50. The van der Waals surface area contributed by atoms with E-state index in [1.807, 2.05) is 4.90 Å². The lowest BCUT2D eigenvalue weighted by atomic mass is 10.2. The van der Waals surface area contributed by atoms with Crippen LogP contribution in [0.4, 0.5) is 13.2 Å². The number of carbonyl (C=O) groups excluding carboxylic acids is 1. The number of rotatable bonds is 7. The van der Waals surface area contributed by atoms with Gasteiger partial charge in [0.2, 0.25) is 0 Å². The molecule has 1 aliphatic rings. The fourth-order valence-electron chi connectivity index (χ4n) is 2.43. The highest BCUT2D eigenvalue weighted by atomic mass is 19.4. The van der Waals surface area contributed by atoms with E-state index in [0.29, 0.717) is 19.7 Å². The van der Waals surface area contributed by atoms with E-state index in [-0.39, 0.29) is 31.6 Å². The molecular formula is C13H23F3N2O4. The highest BCUT2D eigenvalue weighted by Gasteiger charge is 2.30. The molecule has 0 aromatic heterocycles. The van der Waals surface area contributed by atoms with Crippen LogP contribution in [0, 0.1) is 0 Å². The van der Waals surface area contributed by atoms with Gasteiger partial charge in [-0.1, -0.05) is 0 Å². The largest absolute Gasteiger partial charge is 0.469 e. The van der Waals surface area contributed by atoms with E-state index in [0.717, 1.165) is 4.90 Å². The Labute approximate surface area is 127 Å². The first-order valence-corrected chi connectivity index (χ1v) is 7.03. The molecule has 0 saturated carbocycles. The van der Waals surface area contributed by atoms with Crippen molar-refractivity contribution >= 4 is 5.97 Å². The molecule has 1 N–H and O–H groups in total. The van der Waals surface area contributed by atoms with Gasteiger partial charge in [0.05, 0.1) is 38.9 Å². The Balaban J connectivity index is 2.34. The Morgan fingerprint density at radius 2 is 2.23 bits per heavy atom. The van der Waals surface area contributed by atoms with Crippen molar-refractivity contribution in [1.82, 2.24) is 9.80 Å². The number of likely N-dealkylation sites (N-methyl/N-ethyl adjacent to an activating group) is 1. The highest BCUT2D eigenvalue weighted by Crippen LogP contribution is 2.16. The summed E-state index contributed by atoms with van der Waals surface area (Å²) in [4.78, 5) is 14.1. The Hall–Kier alpha value is -0.900. The molecule has 9 heteroatoms. The highest BCUT2D eigenvalue weighted by molar-refractivity contribution is 5.69. The van der Waals surface area contributed by atoms with Crippen LogP contribution in [0.15, 0.2) is 0 Å². The number of alkyl halides is 3. The number of morpholine rings is 1. The Kier molecular flexibility index (Phi) is 7.54. The van der Waals surface area contributed by atoms with E-state index in [2.05, 4.69) is 4.74 Å². The first-order valence-electron chi connectivity index (χ1n) is 7.03. The number of nitrogens with zero attached hydrogens (tertiary/aromatic N) is 2. The molecule has 2 atom stereocenters.